The van der Waals surface area contributed by atoms with E-state index in [4.69, 9.17) is 52.9 Å². The quantitative estimate of drug-likeness (QED) is 0.0739. The van der Waals surface area contributed by atoms with Crippen molar-refractivity contribution in [2.45, 2.75) is 95.9 Å². The minimum atomic E-state index is -3.09. The topological polar surface area (TPSA) is 74.2 Å². The third-order valence-electron chi connectivity index (χ3n) is 4.86. The molecule has 1 N–H and O–H groups in total. The number of carbonyl (C=O) groups is 1. The summed E-state index contributed by atoms with van der Waals surface area (Å²) in [5, 5.41) is 10.4. The van der Waals surface area contributed by atoms with Crippen LogP contribution in [0.4, 0.5) is 0 Å². The van der Waals surface area contributed by atoms with Crippen LogP contribution < -0.4 is 0 Å². The van der Waals surface area contributed by atoms with Crippen LogP contribution in [0.2, 0.25) is 0 Å². The molecule has 0 heterocycles. The zero-order chi connectivity index (χ0) is 31.0. The fourth-order valence-electron chi connectivity index (χ4n) is 3.13. The van der Waals surface area contributed by atoms with E-state index in [1.165, 1.54) is 38.5 Å². The van der Waals surface area contributed by atoms with Crippen LogP contribution >= 0.6 is 33.5 Å². The number of aldehydes is 1. The first-order valence-electron chi connectivity index (χ1n) is 14.4. The molecular formula is C20H46B4O6P4Si2. The van der Waals surface area contributed by atoms with Crippen molar-refractivity contribution >= 4 is 86.8 Å². The summed E-state index contributed by atoms with van der Waals surface area (Å²) in [5.41, 5.74) is 0. The van der Waals surface area contributed by atoms with Gasteiger partial charge in [0.1, 0.15) is 44.5 Å². The number of unbranched alkanes of at least 4 members (excludes halogenated alkanes) is 7. The molecule has 0 aromatic heterocycles. The van der Waals surface area contributed by atoms with Crippen molar-refractivity contribution in [2.24, 2.45) is 0 Å². The molecule has 0 amide bonds. The molecular weight excluding hydrogens is 560 g/mol. The third-order valence-corrected chi connectivity index (χ3v) is 7.96. The SMILES string of the molecule is [2H][Si]([B])(OCC[C@@H](OP([B])C)C(O)CCCCCCCCCC)P[3H].[2H][Si]([B])(OCC[C@H](C=O)OP([B])C)P[3H]. The van der Waals surface area contributed by atoms with Crippen molar-refractivity contribution in [1.82, 2.24) is 0 Å². The molecule has 9 atom stereocenters. The maximum Gasteiger partial charge on any atom is 0.149 e. The normalized spacial score (nSPS) is 21.1. The predicted octanol–water partition coefficient (Wildman–Crippen LogP) is 3.39. The Hall–Kier alpha value is 1.88. The van der Waals surface area contributed by atoms with Gasteiger partial charge in [-0.3, -0.25) is 0 Å². The first-order chi connectivity index (χ1) is 18.7. The number of rotatable bonds is 25. The lowest BCUT2D eigenvalue weighted by molar-refractivity contribution is -0.113. The molecule has 0 spiro atoms. The highest BCUT2D eigenvalue weighted by molar-refractivity contribution is 7.77. The van der Waals surface area contributed by atoms with Gasteiger partial charge in [-0.05, 0) is 42.2 Å². The van der Waals surface area contributed by atoms with E-state index in [0.29, 0.717) is 25.5 Å². The molecule has 0 bridgehead atoms. The Labute approximate surface area is 241 Å². The second kappa shape index (κ2) is 28.4. The second-order valence-electron chi connectivity index (χ2n) is 8.35. The lowest BCUT2D eigenvalue weighted by Gasteiger charge is -2.26. The molecule has 0 aromatic rings. The smallest absolute Gasteiger partial charge is 0.149 e. The lowest BCUT2D eigenvalue weighted by Crippen LogP contribution is -2.30. The van der Waals surface area contributed by atoms with E-state index in [1.807, 2.05) is 0 Å². The summed E-state index contributed by atoms with van der Waals surface area (Å²) in [6.45, 7) is 6.10. The Kier molecular flexibility index (Phi) is 25.6. The molecule has 0 aromatic carbocycles. The van der Waals surface area contributed by atoms with E-state index >= 15 is 0 Å². The van der Waals surface area contributed by atoms with E-state index in [2.05, 4.69) is 6.92 Å². The molecule has 6 nitrogen and oxygen atoms in total. The molecule has 0 saturated carbocycles. The van der Waals surface area contributed by atoms with E-state index in [0.717, 1.165) is 12.8 Å². The maximum absolute atomic E-state index is 10.5. The molecule has 36 heavy (non-hydrogen) atoms. The molecule has 0 saturated heterocycles. The Morgan fingerprint density at radius 2 is 1.44 bits per heavy atom. The van der Waals surface area contributed by atoms with E-state index in [-0.39, 0.29) is 19.3 Å². The highest BCUT2D eigenvalue weighted by atomic mass is 31.3. The Morgan fingerprint density at radius 1 is 0.944 bits per heavy atom. The minimum Gasteiger partial charge on any atom is -0.425 e. The van der Waals surface area contributed by atoms with Gasteiger partial charge in [-0.15, -0.1) is 17.5 Å². The van der Waals surface area contributed by atoms with Gasteiger partial charge >= 0.3 is 0 Å². The lowest BCUT2D eigenvalue weighted by atomic mass is 10.0. The van der Waals surface area contributed by atoms with Crippen LogP contribution in [-0.4, -0.2) is 108 Å². The van der Waals surface area contributed by atoms with E-state index in [9.17, 15) is 9.90 Å². The van der Waals surface area contributed by atoms with Crippen LogP contribution in [0.15, 0.2) is 0 Å². The summed E-state index contributed by atoms with van der Waals surface area (Å²) in [4.78, 5) is 10.5. The van der Waals surface area contributed by atoms with Crippen molar-refractivity contribution in [3.63, 3.8) is 0 Å². The Balaban J connectivity index is 0. The molecule has 0 aliphatic carbocycles. The van der Waals surface area contributed by atoms with Crippen LogP contribution in [-0.2, 0) is 22.7 Å². The largest absolute Gasteiger partial charge is 0.425 e. The summed E-state index contributed by atoms with van der Waals surface area (Å²) < 4.78 is 50.4. The summed E-state index contributed by atoms with van der Waals surface area (Å²) >= 11 is 0. The monoisotopic (exact) mass is 612 g/mol. The summed E-state index contributed by atoms with van der Waals surface area (Å²) in [7, 11) is 13.0. The van der Waals surface area contributed by atoms with Gasteiger partial charge < -0.3 is 27.8 Å². The molecule has 0 rings (SSSR count). The van der Waals surface area contributed by atoms with Crippen LogP contribution in [0, 0.1) is 0 Å². The van der Waals surface area contributed by atoms with Crippen molar-refractivity contribution in [2.75, 3.05) is 26.5 Å². The highest BCUT2D eigenvalue weighted by Gasteiger charge is 2.20. The Bertz CT molecular complexity index is 621. The molecule has 0 aliphatic heterocycles. The standard InChI is InChI=1S/C15H34B2O3P2Si.C5H12B2O3P2Si/c1-3-4-5-6-7-8-9-10-11-14(18)15(20-22(2)16)12-13-19-23(17)21;1-12(6)10-5(4-8)2-3-9-13(7)11/h14-15,18,23H,3-13,21H2,1-2H3;4-5,13H,2-3,11H2,1H3/t14?,15-,22?,23?;5-,12?,13?/m11/s1/i21T,23D;11T,13D/t14?,15-,21?,22?,23?;5-,11?,12?,13?. The molecule has 202 valence electrons. The zero-order valence-corrected chi connectivity index (χ0v) is 28.0. The van der Waals surface area contributed by atoms with Crippen LogP contribution in [0.25, 0.3) is 0 Å². The molecule has 16 heteroatoms. The van der Waals surface area contributed by atoms with Crippen molar-refractivity contribution in [3.8, 4) is 0 Å². The van der Waals surface area contributed by atoms with Gasteiger partial charge in [0.05, 0.1) is 29.6 Å². The van der Waals surface area contributed by atoms with Crippen molar-refractivity contribution in [3.05, 3.63) is 0 Å². The fraction of sp³-hybridized carbons (Fsp3) is 0.950. The number of aliphatic hydroxyl groups is 1. The highest BCUT2D eigenvalue weighted by Crippen LogP contribution is 2.30. The number of carbonyl (C=O) groups excluding carboxylic acids is 1. The van der Waals surface area contributed by atoms with Gasteiger partial charge in [0.15, 0.2) is 0 Å². The van der Waals surface area contributed by atoms with Gasteiger partial charge in [0.25, 0.3) is 0 Å². The van der Waals surface area contributed by atoms with Gasteiger partial charge in [-0.2, -0.15) is 0 Å². The van der Waals surface area contributed by atoms with Crippen molar-refractivity contribution in [1.29, 1.82) is 5.03 Å². The van der Waals surface area contributed by atoms with E-state index in [1.54, 1.807) is 13.3 Å². The maximum atomic E-state index is 10.5. The third kappa shape index (κ3) is 30.4. The first-order valence-corrected chi connectivity index (χ1v) is 21.9. The average Bonchev–Trinajstić information content (AvgIpc) is 2.88. The van der Waals surface area contributed by atoms with Crippen LogP contribution in [0.3, 0.4) is 0 Å². The average molecular weight is 612 g/mol. The van der Waals surface area contributed by atoms with Crippen LogP contribution in [0.5, 0.6) is 0 Å². The summed E-state index contributed by atoms with van der Waals surface area (Å²) in [6, 6.07) is 0. The second-order valence-corrected chi connectivity index (χ2v) is 15.9. The first kappa shape index (κ1) is 32.4. The molecule has 0 fully saturated rings. The number of hydrogen-bond acceptors (Lipinski definition) is 6. The fourth-order valence-corrected chi connectivity index (χ4v) is 5.67. The van der Waals surface area contributed by atoms with Crippen molar-refractivity contribution < 1.29 is 27.8 Å². The Morgan fingerprint density at radius 3 is 1.92 bits per heavy atom. The van der Waals surface area contributed by atoms with Gasteiger partial charge in [0, 0.05) is 22.1 Å². The molecule has 8 radical (unpaired) electrons. The summed E-state index contributed by atoms with van der Waals surface area (Å²) in [5.74, 6) is 0. The van der Waals surface area contributed by atoms with Gasteiger partial charge in [0.2, 0.25) is 0 Å². The predicted molar refractivity (Wildman–Crippen MR) is 173 cm³/mol. The number of aliphatic hydroxyl groups excluding tert-OH is 1. The van der Waals surface area contributed by atoms with E-state index < -0.39 is 62.7 Å². The molecule has 0 aliphatic rings. The summed E-state index contributed by atoms with van der Waals surface area (Å²) in [6.07, 6.45) is 10.4. The minimum absolute atomic E-state index is 0.157. The van der Waals surface area contributed by atoms with Gasteiger partial charge in [-0.1, -0.05) is 58.3 Å². The van der Waals surface area contributed by atoms with Gasteiger partial charge in [-0.25, -0.2) is 0 Å². The molecule has 7 unspecified atom stereocenters. The zero-order valence-electron chi connectivity index (χ0n) is 26.2. The number of hydrogen-bond donors (Lipinski definition) is 1. The van der Waals surface area contributed by atoms with Crippen LogP contribution in [0.1, 0.15) is 77.6 Å².